The van der Waals surface area contributed by atoms with Gasteiger partial charge < -0.3 is 19.3 Å². The van der Waals surface area contributed by atoms with Crippen LogP contribution in [0.3, 0.4) is 0 Å². The molecule has 0 unspecified atom stereocenters. The van der Waals surface area contributed by atoms with Crippen molar-refractivity contribution in [3.05, 3.63) is 59.4 Å². The highest BCUT2D eigenvalue weighted by Gasteiger charge is 2.26. The van der Waals surface area contributed by atoms with Crippen molar-refractivity contribution < 1.29 is 23.5 Å². The van der Waals surface area contributed by atoms with E-state index in [4.69, 9.17) is 9.47 Å². The molecule has 0 bridgehead atoms. The number of methoxy groups -OCH3 is 2. The Hall–Kier alpha value is -3.09. The van der Waals surface area contributed by atoms with Gasteiger partial charge in [0.25, 0.3) is 11.8 Å². The summed E-state index contributed by atoms with van der Waals surface area (Å²) in [7, 11) is 3.05. The van der Waals surface area contributed by atoms with E-state index in [1.165, 1.54) is 32.4 Å². The first kappa shape index (κ1) is 18.7. The van der Waals surface area contributed by atoms with Gasteiger partial charge in [-0.3, -0.25) is 9.59 Å². The van der Waals surface area contributed by atoms with Crippen LogP contribution in [0.25, 0.3) is 0 Å². The summed E-state index contributed by atoms with van der Waals surface area (Å²) in [4.78, 5) is 28.5. The summed E-state index contributed by atoms with van der Waals surface area (Å²) in [5.41, 5.74) is 0.812. The molecule has 27 heavy (non-hydrogen) atoms. The molecule has 142 valence electrons. The number of nitrogens with zero attached hydrogens (tertiary/aromatic N) is 2. The van der Waals surface area contributed by atoms with Crippen LogP contribution in [0.1, 0.15) is 20.7 Å². The van der Waals surface area contributed by atoms with E-state index in [0.717, 1.165) is 0 Å². The lowest BCUT2D eigenvalue weighted by molar-refractivity contribution is 0.0535. The van der Waals surface area contributed by atoms with Crippen molar-refractivity contribution in [1.82, 2.24) is 9.80 Å². The quantitative estimate of drug-likeness (QED) is 0.827. The van der Waals surface area contributed by atoms with E-state index < -0.39 is 5.82 Å². The van der Waals surface area contributed by atoms with Gasteiger partial charge in [-0.25, -0.2) is 4.39 Å². The van der Waals surface area contributed by atoms with Gasteiger partial charge >= 0.3 is 0 Å². The van der Waals surface area contributed by atoms with Gasteiger partial charge in [-0.05, 0) is 36.4 Å². The van der Waals surface area contributed by atoms with Crippen LogP contribution in [-0.4, -0.2) is 62.0 Å². The van der Waals surface area contributed by atoms with E-state index in [9.17, 15) is 14.0 Å². The molecule has 1 fully saturated rings. The zero-order valence-electron chi connectivity index (χ0n) is 15.3. The second-order valence-corrected chi connectivity index (χ2v) is 6.16. The highest BCUT2D eigenvalue weighted by Crippen LogP contribution is 2.28. The van der Waals surface area contributed by atoms with Gasteiger partial charge in [-0.1, -0.05) is 6.07 Å². The maximum absolute atomic E-state index is 13.3. The molecule has 0 N–H and O–H groups in total. The first-order valence-corrected chi connectivity index (χ1v) is 8.59. The normalized spacial score (nSPS) is 14.0. The molecular formula is C20H21FN2O4. The van der Waals surface area contributed by atoms with Crippen molar-refractivity contribution in [3.63, 3.8) is 0 Å². The van der Waals surface area contributed by atoms with Crippen LogP contribution in [0.15, 0.2) is 42.5 Å². The average Bonchev–Trinajstić information content (AvgIpc) is 2.72. The summed E-state index contributed by atoms with van der Waals surface area (Å²) in [6.45, 7) is 1.62. The largest absolute Gasteiger partial charge is 0.493 e. The average molecular weight is 372 g/mol. The van der Waals surface area contributed by atoms with Crippen molar-refractivity contribution >= 4 is 11.8 Å². The molecular weight excluding hydrogens is 351 g/mol. The molecule has 6 nitrogen and oxygen atoms in total. The van der Waals surface area contributed by atoms with Gasteiger partial charge in [0.1, 0.15) is 5.82 Å². The SMILES string of the molecule is COc1ccc(C(=O)N2CCN(C(=O)c3cccc(F)c3)CC2)cc1OC. The molecule has 0 aliphatic carbocycles. The van der Waals surface area contributed by atoms with Crippen molar-refractivity contribution in [2.24, 2.45) is 0 Å². The molecule has 2 amide bonds. The topological polar surface area (TPSA) is 59.1 Å². The number of carbonyl (C=O) groups excluding carboxylic acids is 2. The third-order valence-corrected chi connectivity index (χ3v) is 4.56. The van der Waals surface area contributed by atoms with E-state index in [1.807, 2.05) is 0 Å². The number of carbonyl (C=O) groups is 2. The molecule has 7 heteroatoms. The van der Waals surface area contributed by atoms with Gasteiger partial charge in [0, 0.05) is 37.3 Å². The number of hydrogen-bond donors (Lipinski definition) is 0. The molecule has 0 spiro atoms. The maximum Gasteiger partial charge on any atom is 0.254 e. The predicted molar refractivity (Wildman–Crippen MR) is 97.8 cm³/mol. The fourth-order valence-corrected chi connectivity index (χ4v) is 3.07. The molecule has 2 aromatic rings. The second kappa shape index (κ2) is 8.07. The minimum Gasteiger partial charge on any atom is -0.493 e. The summed E-state index contributed by atoms with van der Waals surface area (Å²) in [5, 5.41) is 0. The first-order chi connectivity index (χ1) is 13.0. The first-order valence-electron chi connectivity index (χ1n) is 8.59. The smallest absolute Gasteiger partial charge is 0.254 e. The minimum atomic E-state index is -0.442. The summed E-state index contributed by atoms with van der Waals surface area (Å²) < 4.78 is 23.8. The van der Waals surface area contributed by atoms with Crippen LogP contribution in [0.4, 0.5) is 4.39 Å². The predicted octanol–water partition coefficient (Wildman–Crippen LogP) is 2.44. The van der Waals surface area contributed by atoms with Gasteiger partial charge in [0.15, 0.2) is 11.5 Å². The zero-order valence-corrected chi connectivity index (χ0v) is 15.3. The second-order valence-electron chi connectivity index (χ2n) is 6.16. The third kappa shape index (κ3) is 4.02. The lowest BCUT2D eigenvalue weighted by Crippen LogP contribution is -2.50. The fourth-order valence-electron chi connectivity index (χ4n) is 3.07. The van der Waals surface area contributed by atoms with Gasteiger partial charge in [0.2, 0.25) is 0 Å². The zero-order chi connectivity index (χ0) is 19.4. The minimum absolute atomic E-state index is 0.131. The number of piperazine rings is 1. The van der Waals surface area contributed by atoms with Crippen molar-refractivity contribution in [1.29, 1.82) is 0 Å². The Kier molecular flexibility index (Phi) is 5.59. The molecule has 1 saturated heterocycles. The number of amides is 2. The molecule has 0 radical (unpaired) electrons. The van der Waals surface area contributed by atoms with E-state index in [1.54, 1.807) is 34.1 Å². The molecule has 1 heterocycles. The third-order valence-electron chi connectivity index (χ3n) is 4.56. The fraction of sp³-hybridized carbons (Fsp3) is 0.300. The number of hydrogen-bond acceptors (Lipinski definition) is 4. The van der Waals surface area contributed by atoms with E-state index in [0.29, 0.717) is 48.8 Å². The van der Waals surface area contributed by atoms with Crippen LogP contribution in [-0.2, 0) is 0 Å². The molecule has 2 aromatic carbocycles. The van der Waals surface area contributed by atoms with Crippen molar-refractivity contribution in [2.75, 3.05) is 40.4 Å². The number of ether oxygens (including phenoxy) is 2. The molecule has 0 saturated carbocycles. The Morgan fingerprint density at radius 2 is 1.37 bits per heavy atom. The summed E-state index contributed by atoms with van der Waals surface area (Å²) in [5.74, 6) is 0.243. The number of benzene rings is 2. The Morgan fingerprint density at radius 3 is 1.89 bits per heavy atom. The maximum atomic E-state index is 13.3. The van der Waals surface area contributed by atoms with Gasteiger partial charge in [0.05, 0.1) is 14.2 Å². The Morgan fingerprint density at radius 1 is 0.815 bits per heavy atom. The Labute approximate surface area is 157 Å². The van der Waals surface area contributed by atoms with E-state index >= 15 is 0 Å². The van der Waals surface area contributed by atoms with Crippen molar-refractivity contribution in [3.8, 4) is 11.5 Å². The van der Waals surface area contributed by atoms with Crippen LogP contribution in [0, 0.1) is 5.82 Å². The Bertz CT molecular complexity index is 848. The van der Waals surface area contributed by atoms with Gasteiger partial charge in [-0.2, -0.15) is 0 Å². The van der Waals surface area contributed by atoms with E-state index in [-0.39, 0.29) is 11.8 Å². The molecule has 3 rings (SSSR count). The molecule has 0 atom stereocenters. The lowest BCUT2D eigenvalue weighted by Gasteiger charge is -2.35. The molecule has 1 aliphatic heterocycles. The van der Waals surface area contributed by atoms with Crippen LogP contribution >= 0.6 is 0 Å². The lowest BCUT2D eigenvalue weighted by atomic mass is 10.1. The van der Waals surface area contributed by atoms with Gasteiger partial charge in [-0.15, -0.1) is 0 Å². The van der Waals surface area contributed by atoms with E-state index in [2.05, 4.69) is 0 Å². The van der Waals surface area contributed by atoms with Crippen molar-refractivity contribution in [2.45, 2.75) is 0 Å². The highest BCUT2D eigenvalue weighted by molar-refractivity contribution is 5.96. The summed E-state index contributed by atoms with van der Waals surface area (Å²) >= 11 is 0. The monoisotopic (exact) mass is 372 g/mol. The van der Waals surface area contributed by atoms with Crippen LogP contribution < -0.4 is 9.47 Å². The molecule has 0 aromatic heterocycles. The molecule has 1 aliphatic rings. The standard InChI is InChI=1S/C20H21FN2O4/c1-26-17-7-6-15(13-18(17)27-2)20(25)23-10-8-22(9-11-23)19(24)14-4-3-5-16(21)12-14/h3-7,12-13H,8-11H2,1-2H3. The Balaban J connectivity index is 1.65. The highest BCUT2D eigenvalue weighted by atomic mass is 19.1. The van der Waals surface area contributed by atoms with Crippen LogP contribution in [0.5, 0.6) is 11.5 Å². The summed E-state index contributed by atoms with van der Waals surface area (Å²) in [6, 6.07) is 10.7. The van der Waals surface area contributed by atoms with Crippen LogP contribution in [0.2, 0.25) is 0 Å². The number of halogens is 1. The number of rotatable bonds is 4. The summed E-state index contributed by atoms with van der Waals surface area (Å²) in [6.07, 6.45) is 0.